The molecule has 0 unspecified atom stereocenters. The van der Waals surface area contributed by atoms with E-state index in [1.165, 1.54) is 12.0 Å². The van der Waals surface area contributed by atoms with Crippen LogP contribution in [0.4, 0.5) is 0 Å². The third-order valence-electron chi connectivity index (χ3n) is 2.15. The Hall–Kier alpha value is -0.980. The molecule has 0 saturated carbocycles. The number of hydrogen-bond acceptors (Lipinski definition) is 1. The molecule has 0 aliphatic rings. The van der Waals surface area contributed by atoms with E-state index in [1.807, 2.05) is 6.92 Å². The zero-order valence-corrected chi connectivity index (χ0v) is 9.72. The molecule has 0 saturated heterocycles. The molecule has 1 heteroatoms. The van der Waals surface area contributed by atoms with Gasteiger partial charge in [-0.1, -0.05) is 43.7 Å². The molecule has 1 nitrogen and oxygen atoms in total. The maximum Gasteiger partial charge on any atom is 0.000866 e. The summed E-state index contributed by atoms with van der Waals surface area (Å²) in [5, 5.41) is 0. The third-order valence-corrected chi connectivity index (χ3v) is 2.15. The Labute approximate surface area is 88.4 Å². The molecule has 1 atom stereocenters. The minimum absolute atomic E-state index is 0.444. The lowest BCUT2D eigenvalue weighted by atomic mass is 9.96. The van der Waals surface area contributed by atoms with E-state index in [9.17, 15) is 0 Å². The minimum atomic E-state index is 0.444. The van der Waals surface area contributed by atoms with Crippen molar-refractivity contribution in [1.82, 2.24) is 0 Å². The molecule has 14 heavy (non-hydrogen) atoms. The number of rotatable bonds is 6. The summed E-state index contributed by atoms with van der Waals surface area (Å²) in [4.78, 5) is 0. The molecular weight excluding hydrogens is 170 g/mol. The highest BCUT2D eigenvalue weighted by atomic mass is 14.5. The second-order valence-electron chi connectivity index (χ2n) is 3.85. The highest BCUT2D eigenvalue weighted by molar-refractivity contribution is 5.10. The molecule has 0 aromatic rings. The Kier molecular flexibility index (Phi) is 6.91. The molecule has 0 heterocycles. The summed E-state index contributed by atoms with van der Waals surface area (Å²) in [6.07, 6.45) is 9.86. The molecular formula is C13H23N. The second kappa shape index (κ2) is 7.43. The normalized spacial score (nSPS) is 14.6. The Balaban J connectivity index is 4.16. The van der Waals surface area contributed by atoms with Crippen molar-refractivity contribution in [3.63, 3.8) is 0 Å². The lowest BCUT2D eigenvalue weighted by Crippen LogP contribution is -1.98. The monoisotopic (exact) mass is 193 g/mol. The SMILES string of the molecule is C=C(C)[C@@H](/C=C\CCC)C/C=C(/C)N. The van der Waals surface area contributed by atoms with Crippen molar-refractivity contribution in [1.29, 1.82) is 0 Å². The van der Waals surface area contributed by atoms with Gasteiger partial charge in [-0.15, -0.1) is 0 Å². The second-order valence-corrected chi connectivity index (χ2v) is 3.85. The van der Waals surface area contributed by atoms with Crippen LogP contribution in [0.25, 0.3) is 0 Å². The van der Waals surface area contributed by atoms with E-state index in [1.54, 1.807) is 0 Å². The van der Waals surface area contributed by atoms with Crippen LogP contribution in [0.1, 0.15) is 40.0 Å². The van der Waals surface area contributed by atoms with Crippen molar-refractivity contribution >= 4 is 0 Å². The van der Waals surface area contributed by atoms with Gasteiger partial charge in [0, 0.05) is 11.6 Å². The molecule has 0 aromatic carbocycles. The van der Waals surface area contributed by atoms with Gasteiger partial charge in [0.1, 0.15) is 0 Å². The zero-order chi connectivity index (χ0) is 11.0. The van der Waals surface area contributed by atoms with Gasteiger partial charge in [0.25, 0.3) is 0 Å². The van der Waals surface area contributed by atoms with Crippen LogP contribution in [0, 0.1) is 5.92 Å². The fourth-order valence-electron chi connectivity index (χ4n) is 1.18. The third kappa shape index (κ3) is 6.53. The molecule has 0 spiro atoms. The highest BCUT2D eigenvalue weighted by Crippen LogP contribution is 2.16. The van der Waals surface area contributed by atoms with Crippen molar-refractivity contribution in [3.8, 4) is 0 Å². The van der Waals surface area contributed by atoms with Crippen LogP contribution in [0.2, 0.25) is 0 Å². The van der Waals surface area contributed by atoms with E-state index in [2.05, 4.69) is 38.7 Å². The lowest BCUT2D eigenvalue weighted by Gasteiger charge is -2.09. The van der Waals surface area contributed by atoms with Gasteiger partial charge in [-0.25, -0.2) is 0 Å². The molecule has 0 aliphatic carbocycles. The zero-order valence-electron chi connectivity index (χ0n) is 9.72. The first-order chi connectivity index (χ1) is 6.57. The smallest absolute Gasteiger partial charge is 0.000866 e. The fraction of sp³-hybridized carbons (Fsp3) is 0.538. The summed E-state index contributed by atoms with van der Waals surface area (Å²) in [6, 6.07) is 0. The van der Waals surface area contributed by atoms with Gasteiger partial charge in [0.05, 0.1) is 0 Å². The average molecular weight is 193 g/mol. The van der Waals surface area contributed by atoms with Crippen molar-refractivity contribution in [2.45, 2.75) is 40.0 Å². The van der Waals surface area contributed by atoms with E-state index < -0.39 is 0 Å². The van der Waals surface area contributed by atoms with E-state index in [0.717, 1.165) is 18.5 Å². The maximum atomic E-state index is 5.60. The van der Waals surface area contributed by atoms with Gasteiger partial charge in [-0.3, -0.25) is 0 Å². The van der Waals surface area contributed by atoms with Crippen LogP contribution in [0.5, 0.6) is 0 Å². The van der Waals surface area contributed by atoms with Crippen LogP contribution in [0.3, 0.4) is 0 Å². The molecule has 0 aromatic heterocycles. The topological polar surface area (TPSA) is 26.0 Å². The molecule has 0 rings (SSSR count). The highest BCUT2D eigenvalue weighted by Gasteiger charge is 2.02. The molecule has 2 N–H and O–H groups in total. The van der Waals surface area contributed by atoms with Crippen molar-refractivity contribution in [2.24, 2.45) is 11.7 Å². The number of hydrogen-bond donors (Lipinski definition) is 1. The first kappa shape index (κ1) is 13.0. The summed E-state index contributed by atoms with van der Waals surface area (Å²) in [7, 11) is 0. The van der Waals surface area contributed by atoms with Gasteiger partial charge in [0.2, 0.25) is 0 Å². The van der Waals surface area contributed by atoms with Crippen molar-refractivity contribution in [3.05, 3.63) is 36.1 Å². The molecule has 0 radical (unpaired) electrons. The van der Waals surface area contributed by atoms with Crippen molar-refractivity contribution in [2.75, 3.05) is 0 Å². The molecule has 0 aliphatic heterocycles. The fourth-order valence-corrected chi connectivity index (χ4v) is 1.18. The largest absolute Gasteiger partial charge is 0.403 e. The summed E-state index contributed by atoms with van der Waals surface area (Å²) in [5.74, 6) is 0.444. The average Bonchev–Trinajstić information content (AvgIpc) is 2.10. The number of allylic oxidation sites excluding steroid dienone is 5. The Morgan fingerprint density at radius 3 is 2.50 bits per heavy atom. The van der Waals surface area contributed by atoms with Gasteiger partial charge < -0.3 is 5.73 Å². The maximum absolute atomic E-state index is 5.60. The van der Waals surface area contributed by atoms with E-state index in [0.29, 0.717) is 5.92 Å². The van der Waals surface area contributed by atoms with Crippen LogP contribution in [-0.2, 0) is 0 Å². The van der Waals surface area contributed by atoms with Crippen LogP contribution >= 0.6 is 0 Å². The van der Waals surface area contributed by atoms with E-state index in [-0.39, 0.29) is 0 Å². The molecule has 0 amide bonds. The van der Waals surface area contributed by atoms with Crippen molar-refractivity contribution < 1.29 is 0 Å². The number of unbranched alkanes of at least 4 members (excludes halogenated alkanes) is 1. The number of nitrogens with two attached hydrogens (primary N) is 1. The van der Waals surface area contributed by atoms with Gasteiger partial charge in [-0.05, 0) is 26.7 Å². The molecule has 0 fully saturated rings. The predicted octanol–water partition coefficient (Wildman–Crippen LogP) is 3.79. The Bertz CT molecular complexity index is 219. The van der Waals surface area contributed by atoms with Crippen LogP contribution in [0.15, 0.2) is 36.1 Å². The molecule has 0 bridgehead atoms. The van der Waals surface area contributed by atoms with E-state index >= 15 is 0 Å². The van der Waals surface area contributed by atoms with Crippen LogP contribution in [-0.4, -0.2) is 0 Å². The van der Waals surface area contributed by atoms with E-state index in [4.69, 9.17) is 5.73 Å². The molecule has 80 valence electrons. The lowest BCUT2D eigenvalue weighted by molar-refractivity contribution is 0.766. The van der Waals surface area contributed by atoms with Gasteiger partial charge in [-0.2, -0.15) is 0 Å². The minimum Gasteiger partial charge on any atom is -0.403 e. The van der Waals surface area contributed by atoms with Crippen LogP contribution < -0.4 is 5.73 Å². The standard InChI is InChI=1S/C13H23N/c1-5-6-7-8-13(11(2)3)10-9-12(4)14/h7-9,13H,2,5-6,10,14H2,1,3-4H3/b8-7-,12-9-/t13-/m0/s1. The summed E-state index contributed by atoms with van der Waals surface area (Å²) < 4.78 is 0. The predicted molar refractivity (Wildman–Crippen MR) is 64.9 cm³/mol. The first-order valence-corrected chi connectivity index (χ1v) is 5.32. The first-order valence-electron chi connectivity index (χ1n) is 5.32. The van der Waals surface area contributed by atoms with Gasteiger partial charge in [0.15, 0.2) is 0 Å². The summed E-state index contributed by atoms with van der Waals surface area (Å²) in [6.45, 7) is 10.2. The summed E-state index contributed by atoms with van der Waals surface area (Å²) >= 11 is 0. The Morgan fingerprint density at radius 2 is 2.07 bits per heavy atom. The quantitative estimate of drug-likeness (QED) is 0.638. The van der Waals surface area contributed by atoms with Gasteiger partial charge >= 0.3 is 0 Å². The summed E-state index contributed by atoms with van der Waals surface area (Å²) in [5.41, 5.74) is 7.70. The Morgan fingerprint density at radius 1 is 1.43 bits per heavy atom.